The van der Waals surface area contributed by atoms with Crippen LogP contribution < -0.4 is 5.32 Å². The summed E-state index contributed by atoms with van der Waals surface area (Å²) in [6, 6.07) is 5.58. The number of hydrogen-bond acceptors (Lipinski definition) is 5. The van der Waals surface area contributed by atoms with Gasteiger partial charge in [0.1, 0.15) is 11.9 Å². The van der Waals surface area contributed by atoms with Crippen LogP contribution in [0, 0.1) is 11.3 Å². The summed E-state index contributed by atoms with van der Waals surface area (Å²) in [6.45, 7) is 2.64. The zero-order valence-corrected chi connectivity index (χ0v) is 9.98. The van der Waals surface area contributed by atoms with E-state index in [9.17, 15) is 0 Å². The molecule has 0 amide bonds. The summed E-state index contributed by atoms with van der Waals surface area (Å²) in [7, 11) is 1.65. The molecule has 1 heterocycles. The van der Waals surface area contributed by atoms with Crippen LogP contribution in [0.5, 0.6) is 0 Å². The molecule has 17 heavy (non-hydrogen) atoms. The molecule has 0 saturated carbocycles. The number of aromatic nitrogens is 1. The number of pyridine rings is 1. The van der Waals surface area contributed by atoms with Crippen molar-refractivity contribution in [3.63, 3.8) is 0 Å². The van der Waals surface area contributed by atoms with Crippen molar-refractivity contribution in [1.29, 1.82) is 5.26 Å². The first-order valence-electron chi connectivity index (χ1n) is 5.54. The van der Waals surface area contributed by atoms with Gasteiger partial charge in [0.25, 0.3) is 0 Å². The van der Waals surface area contributed by atoms with Gasteiger partial charge in [-0.2, -0.15) is 5.26 Å². The molecule has 1 rings (SSSR count). The number of nitrogens with zero attached hydrogens (tertiary/aromatic N) is 2. The predicted octanol–water partition coefficient (Wildman–Crippen LogP) is 1.42. The number of methoxy groups -OCH3 is 1. The average molecular weight is 235 g/mol. The summed E-state index contributed by atoms with van der Waals surface area (Å²) in [5.41, 5.74) is 0.563. The van der Waals surface area contributed by atoms with Gasteiger partial charge in [-0.3, -0.25) is 0 Å². The quantitative estimate of drug-likeness (QED) is 0.690. The topological polar surface area (TPSA) is 67.2 Å². The Kier molecular flexibility index (Phi) is 6.72. The first-order chi connectivity index (χ1) is 8.38. The van der Waals surface area contributed by atoms with E-state index in [4.69, 9.17) is 14.7 Å². The smallest absolute Gasteiger partial charge is 0.143 e. The number of nitriles is 1. The molecule has 0 bridgehead atoms. The van der Waals surface area contributed by atoms with Crippen LogP contribution in [0.15, 0.2) is 18.3 Å². The number of anilines is 1. The molecule has 0 spiro atoms. The molecule has 5 heteroatoms. The lowest BCUT2D eigenvalue weighted by atomic mass is 10.3. The third-order valence-electron chi connectivity index (χ3n) is 2.12. The molecular formula is C12H17N3O2. The summed E-state index contributed by atoms with van der Waals surface area (Å²) >= 11 is 0. The van der Waals surface area contributed by atoms with Crippen molar-refractivity contribution in [3.05, 3.63) is 23.9 Å². The van der Waals surface area contributed by atoms with Crippen LogP contribution in [0.1, 0.15) is 12.0 Å². The van der Waals surface area contributed by atoms with E-state index >= 15 is 0 Å². The fraction of sp³-hybridized carbons (Fsp3) is 0.500. The zero-order chi connectivity index (χ0) is 12.3. The van der Waals surface area contributed by atoms with E-state index in [1.54, 1.807) is 25.4 Å². The molecular weight excluding hydrogens is 218 g/mol. The summed E-state index contributed by atoms with van der Waals surface area (Å²) in [5, 5.41) is 12.0. The van der Waals surface area contributed by atoms with E-state index < -0.39 is 0 Å². The molecule has 0 atom stereocenters. The maximum atomic E-state index is 8.85. The second kappa shape index (κ2) is 8.50. The standard InChI is InChI=1S/C12H17N3O2/c1-16-8-9-17-7-3-6-15-12-11(10-13)4-2-5-14-12/h2,4-5H,3,6-9H2,1H3,(H,14,15). The highest BCUT2D eigenvalue weighted by Crippen LogP contribution is 2.08. The Bertz CT molecular complexity index is 363. The normalized spacial score (nSPS) is 9.88. The maximum absolute atomic E-state index is 8.85. The molecule has 0 saturated heterocycles. The first-order valence-corrected chi connectivity index (χ1v) is 5.54. The Morgan fingerprint density at radius 2 is 2.29 bits per heavy atom. The molecule has 0 aliphatic rings. The van der Waals surface area contributed by atoms with Gasteiger partial charge in [-0.25, -0.2) is 4.98 Å². The van der Waals surface area contributed by atoms with Gasteiger partial charge in [0.2, 0.25) is 0 Å². The van der Waals surface area contributed by atoms with Crippen molar-refractivity contribution in [2.45, 2.75) is 6.42 Å². The third-order valence-corrected chi connectivity index (χ3v) is 2.12. The van der Waals surface area contributed by atoms with Gasteiger partial charge in [-0.05, 0) is 18.6 Å². The van der Waals surface area contributed by atoms with Crippen molar-refractivity contribution in [3.8, 4) is 6.07 Å². The van der Waals surface area contributed by atoms with Crippen LogP contribution in [0.2, 0.25) is 0 Å². The molecule has 1 N–H and O–H groups in total. The van der Waals surface area contributed by atoms with E-state index in [-0.39, 0.29) is 0 Å². The Morgan fingerprint density at radius 1 is 1.41 bits per heavy atom. The Morgan fingerprint density at radius 3 is 3.06 bits per heavy atom. The summed E-state index contributed by atoms with van der Waals surface area (Å²) in [4.78, 5) is 4.10. The first kappa shape index (κ1) is 13.4. The van der Waals surface area contributed by atoms with Crippen molar-refractivity contribution in [1.82, 2.24) is 4.98 Å². The summed E-state index contributed by atoms with van der Waals surface area (Å²) in [5.74, 6) is 0.631. The summed E-state index contributed by atoms with van der Waals surface area (Å²) < 4.78 is 10.2. The lowest BCUT2D eigenvalue weighted by Gasteiger charge is -2.07. The predicted molar refractivity (Wildman–Crippen MR) is 64.8 cm³/mol. The Labute approximate surface area is 101 Å². The third kappa shape index (κ3) is 5.29. The molecule has 0 fully saturated rings. The SMILES string of the molecule is COCCOCCCNc1ncccc1C#N. The molecule has 0 aliphatic heterocycles. The van der Waals surface area contributed by atoms with Crippen LogP contribution in [0.25, 0.3) is 0 Å². The Balaban J connectivity index is 2.16. The number of nitrogens with one attached hydrogen (secondary N) is 1. The van der Waals surface area contributed by atoms with Gasteiger partial charge in [0, 0.05) is 26.5 Å². The van der Waals surface area contributed by atoms with Gasteiger partial charge in [-0.1, -0.05) is 0 Å². The van der Waals surface area contributed by atoms with Crippen molar-refractivity contribution >= 4 is 5.82 Å². The average Bonchev–Trinajstić information content (AvgIpc) is 2.38. The second-order valence-electron chi connectivity index (χ2n) is 3.40. The summed E-state index contributed by atoms with van der Waals surface area (Å²) in [6.07, 6.45) is 2.53. The minimum Gasteiger partial charge on any atom is -0.382 e. The molecule has 0 aliphatic carbocycles. The second-order valence-corrected chi connectivity index (χ2v) is 3.40. The van der Waals surface area contributed by atoms with E-state index in [1.807, 2.05) is 0 Å². The zero-order valence-electron chi connectivity index (χ0n) is 9.98. The molecule has 0 unspecified atom stereocenters. The highest BCUT2D eigenvalue weighted by atomic mass is 16.5. The van der Waals surface area contributed by atoms with Crippen LogP contribution in [-0.4, -0.2) is 38.5 Å². The fourth-order valence-corrected chi connectivity index (χ4v) is 1.26. The molecule has 1 aromatic rings. The lowest BCUT2D eigenvalue weighted by Crippen LogP contribution is -2.09. The van der Waals surface area contributed by atoms with Crippen LogP contribution in [0.3, 0.4) is 0 Å². The van der Waals surface area contributed by atoms with Gasteiger partial charge in [-0.15, -0.1) is 0 Å². The van der Waals surface area contributed by atoms with E-state index in [0.717, 1.165) is 13.0 Å². The molecule has 0 aromatic carbocycles. The van der Waals surface area contributed by atoms with Crippen LogP contribution in [-0.2, 0) is 9.47 Å². The van der Waals surface area contributed by atoms with Gasteiger partial charge < -0.3 is 14.8 Å². The van der Waals surface area contributed by atoms with Crippen molar-refractivity contribution < 1.29 is 9.47 Å². The largest absolute Gasteiger partial charge is 0.382 e. The molecule has 1 aromatic heterocycles. The monoisotopic (exact) mass is 235 g/mol. The van der Waals surface area contributed by atoms with Crippen molar-refractivity contribution in [2.75, 3.05) is 38.8 Å². The Hall–Kier alpha value is -1.64. The van der Waals surface area contributed by atoms with E-state index in [1.165, 1.54) is 0 Å². The number of ether oxygens (including phenoxy) is 2. The minimum atomic E-state index is 0.563. The molecule has 92 valence electrons. The number of rotatable bonds is 8. The highest BCUT2D eigenvalue weighted by molar-refractivity contribution is 5.50. The molecule has 0 radical (unpaired) electrons. The van der Waals surface area contributed by atoms with Gasteiger partial charge in [0.15, 0.2) is 0 Å². The fourth-order valence-electron chi connectivity index (χ4n) is 1.26. The van der Waals surface area contributed by atoms with E-state index in [2.05, 4.69) is 16.4 Å². The van der Waals surface area contributed by atoms with Gasteiger partial charge in [0.05, 0.1) is 18.8 Å². The van der Waals surface area contributed by atoms with Crippen molar-refractivity contribution in [2.24, 2.45) is 0 Å². The van der Waals surface area contributed by atoms with E-state index in [0.29, 0.717) is 31.2 Å². The van der Waals surface area contributed by atoms with Gasteiger partial charge >= 0.3 is 0 Å². The highest BCUT2D eigenvalue weighted by Gasteiger charge is 2.00. The van der Waals surface area contributed by atoms with Crippen LogP contribution >= 0.6 is 0 Å². The molecule has 5 nitrogen and oxygen atoms in total. The van der Waals surface area contributed by atoms with Crippen LogP contribution in [0.4, 0.5) is 5.82 Å². The minimum absolute atomic E-state index is 0.563. The number of hydrogen-bond donors (Lipinski definition) is 1. The lowest BCUT2D eigenvalue weighted by molar-refractivity contribution is 0.0705. The maximum Gasteiger partial charge on any atom is 0.143 e.